The summed E-state index contributed by atoms with van der Waals surface area (Å²) >= 11 is 0. The summed E-state index contributed by atoms with van der Waals surface area (Å²) in [6.07, 6.45) is 0.941. The van der Waals surface area contributed by atoms with Crippen molar-refractivity contribution in [2.24, 2.45) is 7.05 Å². The number of carbonyl (C=O) groups is 1. The van der Waals surface area contributed by atoms with Crippen molar-refractivity contribution >= 4 is 16.9 Å². The van der Waals surface area contributed by atoms with Crippen molar-refractivity contribution in [2.75, 3.05) is 0 Å². The van der Waals surface area contributed by atoms with E-state index in [4.69, 9.17) is 4.42 Å². The van der Waals surface area contributed by atoms with E-state index in [-0.39, 0.29) is 29.8 Å². The number of rotatable bonds is 4. The zero-order valence-electron chi connectivity index (χ0n) is 14.6. The zero-order valence-corrected chi connectivity index (χ0v) is 15.3. The molecule has 7 nitrogen and oxygen atoms in total. The van der Waals surface area contributed by atoms with Crippen LogP contribution in [0.25, 0.3) is 11.0 Å². The van der Waals surface area contributed by atoms with Crippen LogP contribution in [0.1, 0.15) is 35.1 Å². The van der Waals surface area contributed by atoms with E-state index in [0.29, 0.717) is 22.5 Å². The topological polar surface area (TPSA) is 96.5 Å². The van der Waals surface area contributed by atoms with Gasteiger partial charge < -0.3 is 27.1 Å². The molecule has 0 radical (unpaired) electrons. The van der Waals surface area contributed by atoms with Crippen molar-refractivity contribution in [2.45, 2.75) is 26.2 Å². The molecule has 138 valence electrons. The van der Waals surface area contributed by atoms with Gasteiger partial charge in [-0.05, 0) is 16.9 Å². The normalized spacial score (nSPS) is 12.0. The molecule has 1 unspecified atom stereocenters. The van der Waals surface area contributed by atoms with Gasteiger partial charge in [0.05, 0.1) is 30.7 Å². The predicted octanol–water partition coefficient (Wildman–Crippen LogP) is -1.12. The molecule has 0 bridgehead atoms. The number of imidazole rings is 1. The number of aliphatic carboxylic acids is 1. The summed E-state index contributed by atoms with van der Waals surface area (Å²) in [5.74, 6) is -1.60. The van der Waals surface area contributed by atoms with Crippen LogP contribution in [-0.4, -0.2) is 21.0 Å². The highest BCUT2D eigenvalue weighted by molar-refractivity contribution is 5.77. The Kier molecular flexibility index (Phi) is 5.41. The number of fused-ring (bicyclic) bond motifs is 1. The Balaban J connectivity index is 0.00000243. The SMILES string of the molecule is Cc1c(C)[n+](C)c(C(CC(=O)O)c2coc3ccccc3c2=O)n1O.[Cl-]. The Labute approximate surface area is 155 Å². The largest absolute Gasteiger partial charge is 1.00 e. The second kappa shape index (κ2) is 7.21. The van der Waals surface area contributed by atoms with E-state index >= 15 is 0 Å². The maximum Gasteiger partial charge on any atom is 0.304 e. The minimum absolute atomic E-state index is 0. The van der Waals surface area contributed by atoms with Gasteiger partial charge in [0.1, 0.15) is 17.2 Å². The smallest absolute Gasteiger partial charge is 0.304 e. The fourth-order valence-corrected chi connectivity index (χ4v) is 3.11. The summed E-state index contributed by atoms with van der Waals surface area (Å²) in [7, 11) is 1.72. The molecular formula is C18H19ClN2O5. The van der Waals surface area contributed by atoms with Gasteiger partial charge in [-0.15, -0.1) is 0 Å². The first-order valence-corrected chi connectivity index (χ1v) is 7.82. The van der Waals surface area contributed by atoms with Crippen LogP contribution in [0, 0.1) is 13.8 Å². The van der Waals surface area contributed by atoms with Gasteiger partial charge in [0.25, 0.3) is 0 Å². The van der Waals surface area contributed by atoms with E-state index in [9.17, 15) is 19.9 Å². The van der Waals surface area contributed by atoms with Crippen LogP contribution in [0.3, 0.4) is 0 Å². The molecule has 2 heterocycles. The molecule has 2 aromatic heterocycles. The minimum atomic E-state index is -1.07. The first-order valence-electron chi connectivity index (χ1n) is 7.82. The third kappa shape index (κ3) is 3.06. The lowest BCUT2D eigenvalue weighted by atomic mass is 9.95. The van der Waals surface area contributed by atoms with Gasteiger partial charge in [0, 0.05) is 13.8 Å². The highest BCUT2D eigenvalue weighted by Crippen LogP contribution is 2.27. The Morgan fingerprint density at radius 2 is 1.96 bits per heavy atom. The van der Waals surface area contributed by atoms with Crippen molar-refractivity contribution in [1.29, 1.82) is 0 Å². The Morgan fingerprint density at radius 1 is 1.31 bits per heavy atom. The van der Waals surface area contributed by atoms with Gasteiger partial charge in [0.2, 0.25) is 0 Å². The lowest BCUT2D eigenvalue weighted by Gasteiger charge is -2.11. The van der Waals surface area contributed by atoms with Crippen LogP contribution in [0.2, 0.25) is 0 Å². The fraction of sp³-hybridized carbons (Fsp3) is 0.278. The van der Waals surface area contributed by atoms with Gasteiger partial charge in [-0.2, -0.15) is 0 Å². The fourth-order valence-electron chi connectivity index (χ4n) is 3.11. The van der Waals surface area contributed by atoms with Crippen LogP contribution in [0.4, 0.5) is 0 Å². The number of para-hydroxylation sites is 1. The molecule has 8 heteroatoms. The van der Waals surface area contributed by atoms with Gasteiger partial charge in [0.15, 0.2) is 11.1 Å². The number of halogens is 1. The van der Waals surface area contributed by atoms with Crippen LogP contribution in [0.5, 0.6) is 0 Å². The molecule has 0 spiro atoms. The molecule has 3 rings (SSSR count). The molecule has 0 amide bonds. The number of aromatic nitrogens is 2. The van der Waals surface area contributed by atoms with Gasteiger partial charge >= 0.3 is 11.8 Å². The van der Waals surface area contributed by atoms with Gasteiger partial charge in [-0.3, -0.25) is 9.59 Å². The molecule has 0 aliphatic rings. The summed E-state index contributed by atoms with van der Waals surface area (Å²) in [6, 6.07) is 6.79. The molecule has 3 aromatic rings. The quantitative estimate of drug-likeness (QED) is 0.443. The minimum Gasteiger partial charge on any atom is -1.00 e. The van der Waals surface area contributed by atoms with Crippen LogP contribution < -0.4 is 22.4 Å². The first kappa shape index (κ1) is 19.5. The Morgan fingerprint density at radius 3 is 2.54 bits per heavy atom. The molecule has 0 aliphatic carbocycles. The molecule has 2 N–H and O–H groups in total. The summed E-state index contributed by atoms with van der Waals surface area (Å²) in [5, 5.41) is 20.1. The maximum absolute atomic E-state index is 12.9. The highest BCUT2D eigenvalue weighted by atomic mass is 35.5. The highest BCUT2D eigenvalue weighted by Gasteiger charge is 2.36. The second-order valence-corrected chi connectivity index (χ2v) is 6.07. The van der Waals surface area contributed by atoms with Gasteiger partial charge in [-0.25, -0.2) is 4.57 Å². The lowest BCUT2D eigenvalue weighted by Crippen LogP contribution is -3.00. The summed E-state index contributed by atoms with van der Waals surface area (Å²) < 4.78 is 8.17. The maximum atomic E-state index is 12.9. The lowest BCUT2D eigenvalue weighted by molar-refractivity contribution is -0.686. The summed E-state index contributed by atoms with van der Waals surface area (Å²) in [5.41, 5.74) is 1.69. The Hall–Kier alpha value is -2.80. The number of hydrogen-bond donors (Lipinski definition) is 2. The number of nitrogens with zero attached hydrogens (tertiary/aromatic N) is 2. The van der Waals surface area contributed by atoms with Crippen molar-refractivity contribution < 1.29 is 36.5 Å². The number of hydrogen-bond acceptors (Lipinski definition) is 4. The van der Waals surface area contributed by atoms with Crippen molar-refractivity contribution in [1.82, 2.24) is 4.73 Å². The number of carboxylic acids is 1. The van der Waals surface area contributed by atoms with E-state index < -0.39 is 11.9 Å². The summed E-state index contributed by atoms with van der Waals surface area (Å²) in [4.78, 5) is 24.3. The van der Waals surface area contributed by atoms with E-state index in [1.165, 1.54) is 6.26 Å². The van der Waals surface area contributed by atoms with Crippen LogP contribution >= 0.6 is 0 Å². The molecule has 0 saturated heterocycles. The number of benzene rings is 1. The molecular weight excluding hydrogens is 360 g/mol. The van der Waals surface area contributed by atoms with E-state index in [1.54, 1.807) is 42.8 Å². The van der Waals surface area contributed by atoms with Crippen LogP contribution in [0.15, 0.2) is 39.7 Å². The third-order valence-corrected chi connectivity index (χ3v) is 4.68. The molecule has 1 aromatic carbocycles. The van der Waals surface area contributed by atoms with Crippen molar-refractivity contribution in [3.05, 3.63) is 63.5 Å². The van der Waals surface area contributed by atoms with E-state index in [0.717, 1.165) is 10.4 Å². The molecule has 1 atom stereocenters. The molecule has 26 heavy (non-hydrogen) atoms. The third-order valence-electron chi connectivity index (χ3n) is 4.68. The van der Waals surface area contributed by atoms with Gasteiger partial charge in [-0.1, -0.05) is 12.1 Å². The van der Waals surface area contributed by atoms with Crippen molar-refractivity contribution in [3.63, 3.8) is 0 Å². The average molecular weight is 379 g/mol. The van der Waals surface area contributed by atoms with Crippen molar-refractivity contribution in [3.8, 4) is 0 Å². The van der Waals surface area contributed by atoms with Crippen LogP contribution in [-0.2, 0) is 11.8 Å². The first-order chi connectivity index (χ1) is 11.8. The zero-order chi connectivity index (χ0) is 18.3. The average Bonchev–Trinajstić information content (AvgIpc) is 2.77. The molecule has 0 aliphatic heterocycles. The summed E-state index contributed by atoms with van der Waals surface area (Å²) in [6.45, 7) is 3.53. The second-order valence-electron chi connectivity index (χ2n) is 6.07. The molecule has 0 fully saturated rings. The standard InChI is InChI=1S/C18H18N2O5.ClH/c1-10-11(2)20(24)18(19(10)3)13(8-16(21)22)14-9-25-15-7-5-4-6-12(15)17(14)23;/h4-7,9,13H,8H2,1-3H3,(H-,21,22,24);1H. The Bertz CT molecular complexity index is 1010. The molecule has 0 saturated carbocycles. The van der Waals surface area contributed by atoms with E-state index in [2.05, 4.69) is 0 Å². The monoisotopic (exact) mass is 378 g/mol. The van der Waals surface area contributed by atoms with E-state index in [1.807, 2.05) is 6.92 Å². The predicted molar refractivity (Wildman–Crippen MR) is 88.8 cm³/mol. The number of carboxylic acid groups (broad SMARTS) is 1.